The number of hydrogen-bond acceptors (Lipinski definition) is 2. The maximum atomic E-state index is 2.16. The molecule has 0 fully saturated rings. The Morgan fingerprint density at radius 1 is 1.20 bits per heavy atom. The standard InChI is InChI=1S/Ge3S2/c1-4-3-5-2. The van der Waals surface area contributed by atoms with Crippen molar-refractivity contribution in [3.05, 3.63) is 0 Å². The Morgan fingerprint density at radius 3 is 1.60 bits per heavy atom. The summed E-state index contributed by atoms with van der Waals surface area (Å²) in [6.07, 6.45) is 0. The molecule has 24 valence electrons. The van der Waals surface area contributed by atoms with Gasteiger partial charge in [-0.2, -0.15) is 0 Å². The van der Waals surface area contributed by atoms with E-state index in [1.54, 1.807) is 0 Å². The SMILES string of the molecule is [Ge][S][Ge][S][Ge]. The second kappa shape index (κ2) is 6.33. The van der Waals surface area contributed by atoms with Crippen LogP contribution in [0.3, 0.4) is 0 Å². The summed E-state index contributed by atoms with van der Waals surface area (Å²) >= 11 is 4.69. The quantitative estimate of drug-likeness (QED) is 0.661. The van der Waals surface area contributed by atoms with Crippen molar-refractivity contribution in [2.45, 2.75) is 0 Å². The molecule has 0 spiro atoms. The molecule has 0 aromatic heterocycles. The molecule has 0 rings (SSSR count). The summed E-state index contributed by atoms with van der Waals surface area (Å²) in [5.74, 6) is 0. The first kappa shape index (κ1) is 7.33. The van der Waals surface area contributed by atoms with Gasteiger partial charge in [-0.15, -0.1) is 0 Å². The summed E-state index contributed by atoms with van der Waals surface area (Å²) in [7, 11) is 3.98. The molecule has 0 aromatic rings. The van der Waals surface area contributed by atoms with E-state index in [1.807, 2.05) is 16.8 Å². The summed E-state index contributed by atoms with van der Waals surface area (Å²) in [5, 5.41) is 0. The molecule has 0 amide bonds. The third-order valence-corrected chi connectivity index (χ3v) is 20.2. The Labute approximate surface area is 60.0 Å². The molecule has 0 aliphatic heterocycles. The van der Waals surface area contributed by atoms with E-state index >= 15 is 0 Å². The van der Waals surface area contributed by atoms with Gasteiger partial charge in [-0.3, -0.25) is 0 Å². The van der Waals surface area contributed by atoms with E-state index in [0.29, 0.717) is 13.1 Å². The zero-order valence-electron chi connectivity index (χ0n) is 2.32. The van der Waals surface area contributed by atoms with Crippen molar-refractivity contribution in [3.63, 3.8) is 0 Å². The molecule has 0 N–H and O–H groups in total. The Bertz CT molecular complexity index is 12.4. The van der Waals surface area contributed by atoms with Gasteiger partial charge in [0.1, 0.15) is 0 Å². The van der Waals surface area contributed by atoms with Crippen LogP contribution in [0.15, 0.2) is 0 Å². The normalized spacial score (nSPS) is 8.40. The van der Waals surface area contributed by atoms with E-state index in [4.69, 9.17) is 0 Å². The monoisotopic (exact) mass is 286 g/mol. The molecule has 0 aliphatic rings. The topological polar surface area (TPSA) is 0 Å². The first-order valence-corrected chi connectivity index (χ1v) is 12.7. The van der Waals surface area contributed by atoms with Crippen LogP contribution in [0.2, 0.25) is 0 Å². The zero-order chi connectivity index (χ0) is 4.12. The average Bonchev–Trinajstić information content (AvgIpc) is 1.41. The fraction of sp³-hybridized carbons (Fsp3) is 0. The van der Waals surface area contributed by atoms with Crippen molar-refractivity contribution in [3.8, 4) is 0 Å². The zero-order valence-corrected chi connectivity index (χ0v) is 10.2. The van der Waals surface area contributed by atoms with E-state index in [9.17, 15) is 0 Å². The van der Waals surface area contributed by atoms with Crippen molar-refractivity contribution >= 4 is 60.7 Å². The predicted octanol–water partition coefficient (Wildman–Crippen LogP) is 0.154. The molecule has 0 bridgehead atoms. The summed E-state index contributed by atoms with van der Waals surface area (Å²) in [4.78, 5) is 0. The molecule has 0 aromatic carbocycles. The second-order valence-electron chi connectivity index (χ2n) is 0.287. The average molecular weight is 282 g/mol. The minimum absolute atomic E-state index is 0.361. The molecule has 5 heavy (non-hydrogen) atoms. The van der Waals surface area contributed by atoms with E-state index in [2.05, 4.69) is 30.7 Å². The Kier molecular flexibility index (Phi) is 9.28. The van der Waals surface area contributed by atoms with Gasteiger partial charge < -0.3 is 0 Å². The van der Waals surface area contributed by atoms with Gasteiger partial charge in [0.2, 0.25) is 0 Å². The van der Waals surface area contributed by atoms with Gasteiger partial charge in [-0.05, 0) is 0 Å². The third kappa shape index (κ3) is 6.33. The Hall–Kier alpha value is 2.33. The first-order chi connectivity index (χ1) is 2.41. The number of rotatable bonds is 2. The molecular weight excluding hydrogens is 282 g/mol. The van der Waals surface area contributed by atoms with Crippen LogP contribution in [0.5, 0.6) is 0 Å². The van der Waals surface area contributed by atoms with Gasteiger partial charge in [0.15, 0.2) is 0 Å². The molecule has 0 aliphatic carbocycles. The van der Waals surface area contributed by atoms with Crippen LogP contribution in [0.1, 0.15) is 0 Å². The fourth-order valence-electron chi connectivity index (χ4n) is 0.0208. The Balaban J connectivity index is 2.19. The van der Waals surface area contributed by atoms with Crippen molar-refractivity contribution in [2.24, 2.45) is 0 Å². The van der Waals surface area contributed by atoms with Crippen LogP contribution >= 0.6 is 16.8 Å². The predicted molar refractivity (Wildman–Crippen MR) is 32.4 cm³/mol. The summed E-state index contributed by atoms with van der Waals surface area (Å²) in [6, 6.07) is 0. The molecule has 5 heteroatoms. The van der Waals surface area contributed by atoms with Crippen molar-refractivity contribution in [2.75, 3.05) is 0 Å². The molecule has 8 radical (unpaired) electrons. The van der Waals surface area contributed by atoms with Crippen LogP contribution in [0.25, 0.3) is 0 Å². The van der Waals surface area contributed by atoms with Gasteiger partial charge in [0.25, 0.3) is 0 Å². The van der Waals surface area contributed by atoms with Crippen LogP contribution in [-0.4, -0.2) is 43.9 Å². The van der Waals surface area contributed by atoms with Crippen molar-refractivity contribution in [1.82, 2.24) is 0 Å². The second-order valence-corrected chi connectivity index (χ2v) is 20.4. The van der Waals surface area contributed by atoms with Gasteiger partial charge in [0, 0.05) is 0 Å². The van der Waals surface area contributed by atoms with E-state index in [-0.39, 0.29) is 0 Å². The molecule has 0 saturated heterocycles. The van der Waals surface area contributed by atoms with Crippen molar-refractivity contribution in [1.29, 1.82) is 0 Å². The van der Waals surface area contributed by atoms with Gasteiger partial charge in [-0.25, -0.2) is 0 Å². The molecule has 0 saturated carbocycles. The van der Waals surface area contributed by atoms with Crippen molar-refractivity contribution < 1.29 is 0 Å². The summed E-state index contributed by atoms with van der Waals surface area (Å²) < 4.78 is 0. The maximum absolute atomic E-state index is 2.16. The minimum atomic E-state index is 0.361. The third-order valence-electron chi connectivity index (χ3n) is 0.0833. The van der Waals surface area contributed by atoms with Gasteiger partial charge in [0.05, 0.1) is 0 Å². The summed E-state index contributed by atoms with van der Waals surface area (Å²) in [6.45, 7) is 0. The van der Waals surface area contributed by atoms with Crippen LogP contribution in [0.4, 0.5) is 0 Å². The summed E-state index contributed by atoms with van der Waals surface area (Å²) in [5.41, 5.74) is 0. The van der Waals surface area contributed by atoms with Crippen LogP contribution in [-0.2, 0) is 0 Å². The first-order valence-electron chi connectivity index (χ1n) is 0.816. The van der Waals surface area contributed by atoms with E-state index < -0.39 is 0 Å². The molecule has 0 heterocycles. The van der Waals surface area contributed by atoms with Crippen LogP contribution in [0, 0.1) is 0 Å². The van der Waals surface area contributed by atoms with Gasteiger partial charge in [-0.1, -0.05) is 0 Å². The van der Waals surface area contributed by atoms with E-state index in [0.717, 1.165) is 0 Å². The van der Waals surface area contributed by atoms with E-state index in [1.165, 1.54) is 0 Å². The molecule has 0 atom stereocenters. The molecular formula is Ge3S2. The number of hydrogen-bond donors (Lipinski definition) is 0. The van der Waals surface area contributed by atoms with Gasteiger partial charge >= 0.3 is 60.7 Å². The molecule has 0 unspecified atom stereocenters. The molecule has 0 nitrogen and oxygen atoms in total. The van der Waals surface area contributed by atoms with Crippen LogP contribution < -0.4 is 0 Å². The Morgan fingerprint density at radius 2 is 1.60 bits per heavy atom. The fourth-order valence-corrected chi connectivity index (χ4v) is 26.3.